The largest absolute Gasteiger partial charge is 0.487 e. The van der Waals surface area contributed by atoms with Gasteiger partial charge >= 0.3 is 5.97 Å². The summed E-state index contributed by atoms with van der Waals surface area (Å²) in [4.78, 5) is 12.1. The van der Waals surface area contributed by atoms with Crippen molar-refractivity contribution < 1.29 is 23.4 Å². The van der Waals surface area contributed by atoms with Crippen LogP contribution < -0.4 is 4.74 Å². The molecule has 0 aliphatic carbocycles. The second-order valence-corrected chi connectivity index (χ2v) is 10.8. The van der Waals surface area contributed by atoms with Crippen molar-refractivity contribution in [1.82, 2.24) is 0 Å². The lowest BCUT2D eigenvalue weighted by Crippen LogP contribution is -2.17. The van der Waals surface area contributed by atoms with Crippen LogP contribution in [0.4, 0.5) is 8.78 Å². The first kappa shape index (κ1) is 25.6. The molecule has 0 amide bonds. The van der Waals surface area contributed by atoms with E-state index < -0.39 is 19.0 Å². The van der Waals surface area contributed by atoms with Gasteiger partial charge in [0.05, 0.1) is 0 Å². The number of carboxylic acids is 1. The second kappa shape index (κ2) is 10.2. The monoisotopic (exact) mass is 506 g/mol. The second-order valence-electron chi connectivity index (χ2n) is 9.71. The highest BCUT2D eigenvalue weighted by Gasteiger charge is 2.26. The van der Waals surface area contributed by atoms with Gasteiger partial charge in [-0.1, -0.05) is 63.2 Å². The summed E-state index contributed by atoms with van der Waals surface area (Å²) in [5.74, 6) is -0.557. The third-order valence-electron chi connectivity index (χ3n) is 5.94. The quantitative estimate of drug-likeness (QED) is 0.255. The van der Waals surface area contributed by atoms with Gasteiger partial charge in [-0.25, -0.2) is 13.6 Å². The molecule has 0 bridgehead atoms. The molecule has 0 aliphatic rings. The molecule has 6 heteroatoms. The van der Waals surface area contributed by atoms with Crippen LogP contribution in [0.3, 0.4) is 0 Å². The maximum absolute atomic E-state index is 13.3. The number of carbonyl (C=O) groups is 1. The Kier molecular flexibility index (Phi) is 7.27. The van der Waals surface area contributed by atoms with Gasteiger partial charge in [0.15, 0.2) is 0 Å². The molecular formula is C30H28F2O3S. The Labute approximate surface area is 213 Å². The molecule has 0 aliphatic heterocycles. The van der Waals surface area contributed by atoms with Crippen LogP contribution in [0.25, 0.3) is 37.9 Å². The number of aliphatic carboxylic acids is 1. The molecular weight excluding hydrogens is 478 g/mol. The Hall–Kier alpha value is -3.51. The number of thiophene rings is 1. The molecule has 3 aromatic carbocycles. The number of alkyl halides is 2. The summed E-state index contributed by atoms with van der Waals surface area (Å²) in [6.45, 7) is 7.19. The molecule has 1 aromatic heterocycles. The Morgan fingerprint density at radius 1 is 1.00 bits per heavy atom. The molecule has 0 radical (unpaired) electrons. The summed E-state index contributed by atoms with van der Waals surface area (Å²) < 4.78 is 33.4. The lowest BCUT2D eigenvalue weighted by atomic mass is 9.81. The van der Waals surface area contributed by atoms with E-state index >= 15 is 0 Å². The number of allylic oxidation sites excluding steroid dienone is 1. The van der Waals surface area contributed by atoms with Gasteiger partial charge in [-0.2, -0.15) is 0 Å². The Morgan fingerprint density at radius 2 is 1.72 bits per heavy atom. The van der Waals surface area contributed by atoms with E-state index in [0.29, 0.717) is 11.3 Å². The smallest absolute Gasteiger partial charge is 0.328 e. The fourth-order valence-corrected chi connectivity index (χ4v) is 5.29. The predicted molar refractivity (Wildman–Crippen MR) is 144 cm³/mol. The van der Waals surface area contributed by atoms with Gasteiger partial charge < -0.3 is 9.84 Å². The molecule has 0 spiro atoms. The number of ether oxygens (including phenoxy) is 1. The summed E-state index contributed by atoms with van der Waals surface area (Å²) in [6, 6.07) is 21.8. The number of rotatable bonds is 7. The van der Waals surface area contributed by atoms with Crippen molar-refractivity contribution in [2.45, 2.75) is 39.5 Å². The molecule has 0 saturated heterocycles. The normalized spacial score (nSPS) is 12.4. The van der Waals surface area contributed by atoms with E-state index in [2.05, 4.69) is 0 Å². The number of hydrogen-bond donors (Lipinski definition) is 1. The zero-order valence-electron chi connectivity index (χ0n) is 20.6. The molecule has 0 atom stereocenters. The fourth-order valence-electron chi connectivity index (χ4n) is 4.23. The van der Waals surface area contributed by atoms with Crippen LogP contribution in [0.5, 0.6) is 5.75 Å². The average Bonchev–Trinajstić information content (AvgIpc) is 3.26. The molecule has 36 heavy (non-hydrogen) atoms. The lowest BCUT2D eigenvalue weighted by molar-refractivity contribution is -0.131. The summed E-state index contributed by atoms with van der Waals surface area (Å²) in [5.41, 5.74) is 4.69. The van der Waals surface area contributed by atoms with Crippen LogP contribution in [0, 0.1) is 0 Å². The van der Waals surface area contributed by atoms with Crippen LogP contribution in [0.1, 0.15) is 38.1 Å². The van der Waals surface area contributed by atoms with Gasteiger partial charge in [0, 0.05) is 32.2 Å². The third kappa shape index (κ3) is 5.49. The molecule has 0 saturated carbocycles. The first-order valence-electron chi connectivity index (χ1n) is 11.6. The maximum atomic E-state index is 13.3. The number of carboxylic acid groups (broad SMARTS) is 1. The van der Waals surface area contributed by atoms with E-state index in [4.69, 9.17) is 4.74 Å². The summed E-state index contributed by atoms with van der Waals surface area (Å²) >= 11 is 1.50. The summed E-state index contributed by atoms with van der Waals surface area (Å²) in [7, 11) is 0. The van der Waals surface area contributed by atoms with Crippen LogP contribution in [-0.2, 0) is 10.2 Å². The van der Waals surface area contributed by atoms with Gasteiger partial charge in [0.25, 0.3) is 6.43 Å². The molecule has 0 fully saturated rings. The van der Waals surface area contributed by atoms with Crippen LogP contribution in [0.15, 0.2) is 72.8 Å². The van der Waals surface area contributed by atoms with E-state index in [1.165, 1.54) is 17.4 Å². The lowest BCUT2D eigenvalue weighted by Gasteiger charge is -2.26. The molecule has 186 valence electrons. The van der Waals surface area contributed by atoms with Crippen LogP contribution in [0.2, 0.25) is 0 Å². The Morgan fingerprint density at radius 3 is 2.36 bits per heavy atom. The first-order valence-corrected chi connectivity index (χ1v) is 12.5. The molecule has 1 N–H and O–H groups in total. The van der Waals surface area contributed by atoms with Gasteiger partial charge in [0.2, 0.25) is 0 Å². The van der Waals surface area contributed by atoms with Crippen molar-refractivity contribution in [2.24, 2.45) is 0 Å². The highest BCUT2D eigenvalue weighted by Crippen LogP contribution is 2.46. The minimum Gasteiger partial charge on any atom is -0.487 e. The fraction of sp³-hybridized carbons (Fsp3) is 0.233. The zero-order valence-corrected chi connectivity index (χ0v) is 21.5. The highest BCUT2D eigenvalue weighted by molar-refractivity contribution is 7.20. The van der Waals surface area contributed by atoms with Gasteiger partial charge in [-0.05, 0) is 58.9 Å². The van der Waals surface area contributed by atoms with E-state index in [0.717, 1.165) is 42.8 Å². The number of fused-ring (bicyclic) bond motifs is 1. The minimum absolute atomic E-state index is 0.370. The van der Waals surface area contributed by atoms with Gasteiger partial charge in [0.1, 0.15) is 12.4 Å². The van der Waals surface area contributed by atoms with Crippen molar-refractivity contribution in [3.63, 3.8) is 0 Å². The Bertz CT molecular complexity index is 1430. The third-order valence-corrected chi connectivity index (χ3v) is 7.17. The molecule has 4 rings (SSSR count). The van der Waals surface area contributed by atoms with E-state index in [1.54, 1.807) is 6.92 Å². The minimum atomic E-state index is -2.60. The van der Waals surface area contributed by atoms with Crippen LogP contribution in [-0.4, -0.2) is 24.1 Å². The molecule has 0 unspecified atom stereocenters. The molecule has 1 heterocycles. The molecule has 4 aromatic rings. The SMILES string of the molecule is CC(=CC(=O)O)c1cc2c(-c3cc(-c4ccccc4)cc(C(C)(C)C)c3OCC(F)F)cccc2s1. The van der Waals surface area contributed by atoms with Crippen LogP contribution >= 0.6 is 11.3 Å². The summed E-state index contributed by atoms with van der Waals surface area (Å²) in [5, 5.41) is 10.1. The molecule has 3 nitrogen and oxygen atoms in total. The number of benzene rings is 3. The zero-order chi connectivity index (χ0) is 26.0. The topological polar surface area (TPSA) is 46.5 Å². The Balaban J connectivity index is 2.02. The van der Waals surface area contributed by atoms with Gasteiger partial charge in [-0.3, -0.25) is 0 Å². The number of hydrogen-bond acceptors (Lipinski definition) is 3. The van der Waals surface area contributed by atoms with Gasteiger partial charge in [-0.15, -0.1) is 11.3 Å². The predicted octanol–water partition coefficient (Wildman–Crippen LogP) is 8.66. The maximum Gasteiger partial charge on any atom is 0.328 e. The van der Waals surface area contributed by atoms with Crippen molar-refractivity contribution in [3.05, 3.63) is 83.2 Å². The number of halogens is 2. The van der Waals surface area contributed by atoms with Crippen molar-refractivity contribution in [1.29, 1.82) is 0 Å². The highest BCUT2D eigenvalue weighted by atomic mass is 32.1. The first-order chi connectivity index (χ1) is 17.0. The van der Waals surface area contributed by atoms with E-state index in [9.17, 15) is 18.7 Å². The average molecular weight is 507 g/mol. The van der Waals surface area contributed by atoms with Crippen molar-refractivity contribution >= 4 is 33.0 Å². The standard InChI is InChI=1S/C30H28F2O3S/c1-18(13-28(33)34)26-16-22-21(11-8-12-25(22)36-26)23-14-20(19-9-6-5-7-10-19)15-24(30(2,3)4)29(23)35-17-27(31)32/h5-16,27H,17H2,1-4H3,(H,33,34). The van der Waals surface area contributed by atoms with Crippen molar-refractivity contribution in [3.8, 4) is 28.0 Å². The summed E-state index contributed by atoms with van der Waals surface area (Å²) in [6.07, 6.45) is -1.42. The van der Waals surface area contributed by atoms with E-state index in [-0.39, 0.29) is 5.41 Å². The van der Waals surface area contributed by atoms with Crippen molar-refractivity contribution in [2.75, 3.05) is 6.61 Å². The van der Waals surface area contributed by atoms with E-state index in [1.807, 2.05) is 87.5 Å².